The van der Waals surface area contributed by atoms with Crippen molar-refractivity contribution in [2.75, 3.05) is 24.8 Å². The maximum Gasteiger partial charge on any atom is 0.158 e. The molecule has 0 aliphatic carbocycles. The maximum atomic E-state index is 12.0. The molecule has 1 aromatic heterocycles. The van der Waals surface area contributed by atoms with Crippen LogP contribution in [0.25, 0.3) is 0 Å². The standard InChI is InChI=1S/C26H28Cl2N4O4S/c1-26(2,20-13-18(15-30)25(23(28)14-20)35-11-8-27)19-3-5-22(6-4-19)36-16-21-7-10-31-24(32-21)17-37(33,34)12-9-29/h3-7,10,13-14H,8-9,11-12,16-17,29H2,1-2H3. The Kier molecular flexibility index (Phi) is 9.74. The maximum absolute atomic E-state index is 12.0. The van der Waals surface area contributed by atoms with E-state index in [0.29, 0.717) is 27.8 Å². The topological polar surface area (TPSA) is 128 Å². The molecular weight excluding hydrogens is 535 g/mol. The average Bonchev–Trinajstić information content (AvgIpc) is 2.86. The zero-order chi connectivity index (χ0) is 27.1. The number of benzene rings is 2. The smallest absolute Gasteiger partial charge is 0.158 e. The van der Waals surface area contributed by atoms with Gasteiger partial charge >= 0.3 is 0 Å². The van der Waals surface area contributed by atoms with Crippen molar-refractivity contribution in [1.29, 1.82) is 5.26 Å². The van der Waals surface area contributed by atoms with Gasteiger partial charge in [0.15, 0.2) is 15.6 Å². The molecule has 2 N–H and O–H groups in total. The second-order valence-electron chi connectivity index (χ2n) is 8.77. The number of hydrogen-bond acceptors (Lipinski definition) is 8. The quantitative estimate of drug-likeness (QED) is 0.321. The van der Waals surface area contributed by atoms with Crippen LogP contribution < -0.4 is 15.2 Å². The molecule has 2 aromatic carbocycles. The van der Waals surface area contributed by atoms with Crippen LogP contribution in [0.1, 0.15) is 42.1 Å². The van der Waals surface area contributed by atoms with Gasteiger partial charge in [-0.2, -0.15) is 5.26 Å². The first-order chi connectivity index (χ1) is 17.6. The summed E-state index contributed by atoms with van der Waals surface area (Å²) in [6.07, 6.45) is 1.51. The van der Waals surface area contributed by atoms with Crippen LogP contribution in [0, 0.1) is 11.3 Å². The molecule has 0 saturated carbocycles. The van der Waals surface area contributed by atoms with Crippen LogP contribution in [-0.4, -0.2) is 43.2 Å². The van der Waals surface area contributed by atoms with Crippen molar-refractivity contribution in [3.8, 4) is 17.6 Å². The highest BCUT2D eigenvalue weighted by Gasteiger charge is 2.26. The zero-order valence-corrected chi connectivity index (χ0v) is 22.9. The van der Waals surface area contributed by atoms with E-state index in [1.54, 1.807) is 18.2 Å². The number of aromatic nitrogens is 2. The van der Waals surface area contributed by atoms with Crippen molar-refractivity contribution < 1.29 is 17.9 Å². The minimum absolute atomic E-state index is 0.0543. The summed E-state index contributed by atoms with van der Waals surface area (Å²) in [5.74, 6) is 1.07. The summed E-state index contributed by atoms with van der Waals surface area (Å²) in [5, 5.41) is 9.96. The molecule has 3 aromatic rings. The van der Waals surface area contributed by atoms with E-state index in [0.717, 1.165) is 11.1 Å². The Labute approximate surface area is 227 Å². The van der Waals surface area contributed by atoms with Crippen molar-refractivity contribution >= 4 is 33.0 Å². The fraction of sp³-hybridized carbons (Fsp3) is 0.346. The molecular formula is C26H28Cl2N4O4S. The highest BCUT2D eigenvalue weighted by Crippen LogP contribution is 2.38. The SMILES string of the molecule is CC(C)(c1ccc(OCc2ccnc(CS(=O)(=O)CCN)n2)cc1)c1cc(Cl)c(OCCCl)c(C#N)c1. The second kappa shape index (κ2) is 12.6. The van der Waals surface area contributed by atoms with Crippen LogP contribution in [0.2, 0.25) is 5.02 Å². The van der Waals surface area contributed by atoms with Gasteiger partial charge in [-0.25, -0.2) is 18.4 Å². The third kappa shape index (κ3) is 7.55. The van der Waals surface area contributed by atoms with Crippen LogP contribution in [0.4, 0.5) is 0 Å². The summed E-state index contributed by atoms with van der Waals surface area (Å²) >= 11 is 12.1. The lowest BCUT2D eigenvalue weighted by molar-refractivity contribution is 0.300. The van der Waals surface area contributed by atoms with Gasteiger partial charge in [0.2, 0.25) is 0 Å². The number of nitrogens with two attached hydrogens (primary N) is 1. The van der Waals surface area contributed by atoms with E-state index in [1.807, 2.05) is 38.1 Å². The van der Waals surface area contributed by atoms with Crippen LogP contribution in [0.15, 0.2) is 48.7 Å². The summed E-state index contributed by atoms with van der Waals surface area (Å²) in [6, 6.07) is 15.0. The number of sulfone groups is 1. The summed E-state index contributed by atoms with van der Waals surface area (Å²) in [4.78, 5) is 8.33. The van der Waals surface area contributed by atoms with Crippen LogP contribution in [0.3, 0.4) is 0 Å². The summed E-state index contributed by atoms with van der Waals surface area (Å²) in [7, 11) is -3.35. The van der Waals surface area contributed by atoms with Gasteiger partial charge in [-0.05, 0) is 41.5 Å². The number of ether oxygens (including phenoxy) is 2. The van der Waals surface area contributed by atoms with E-state index < -0.39 is 15.3 Å². The van der Waals surface area contributed by atoms with Crippen molar-refractivity contribution in [3.63, 3.8) is 0 Å². The number of nitriles is 1. The lowest BCUT2D eigenvalue weighted by Gasteiger charge is -2.27. The molecule has 0 bridgehead atoms. The molecule has 0 saturated heterocycles. The Hall–Kier alpha value is -2.90. The fourth-order valence-electron chi connectivity index (χ4n) is 3.66. The minimum atomic E-state index is -3.35. The third-order valence-electron chi connectivity index (χ3n) is 5.71. The van der Waals surface area contributed by atoms with Gasteiger partial charge in [-0.15, -0.1) is 11.6 Å². The molecule has 0 atom stereocenters. The molecule has 0 amide bonds. The van der Waals surface area contributed by atoms with Gasteiger partial charge in [-0.1, -0.05) is 37.6 Å². The first kappa shape index (κ1) is 28.7. The van der Waals surface area contributed by atoms with Crippen molar-refractivity contribution in [3.05, 3.63) is 81.9 Å². The number of alkyl halides is 1. The normalized spacial score (nSPS) is 11.7. The van der Waals surface area contributed by atoms with E-state index in [2.05, 4.69) is 16.0 Å². The molecule has 0 radical (unpaired) electrons. The van der Waals surface area contributed by atoms with Gasteiger partial charge in [0.05, 0.1) is 27.9 Å². The Morgan fingerprint density at radius 1 is 1.11 bits per heavy atom. The van der Waals surface area contributed by atoms with Crippen molar-refractivity contribution in [2.45, 2.75) is 31.6 Å². The summed E-state index contributed by atoms with van der Waals surface area (Å²) in [6.45, 7) is 4.54. The highest BCUT2D eigenvalue weighted by atomic mass is 35.5. The Bertz CT molecular complexity index is 1370. The molecule has 0 spiro atoms. The van der Waals surface area contributed by atoms with E-state index in [-0.39, 0.29) is 43.0 Å². The molecule has 8 nitrogen and oxygen atoms in total. The minimum Gasteiger partial charge on any atom is -0.489 e. The average molecular weight is 564 g/mol. The number of hydrogen-bond donors (Lipinski definition) is 1. The molecule has 0 aliphatic heterocycles. The molecule has 3 rings (SSSR count). The predicted molar refractivity (Wildman–Crippen MR) is 144 cm³/mol. The highest BCUT2D eigenvalue weighted by molar-refractivity contribution is 7.90. The van der Waals surface area contributed by atoms with E-state index in [9.17, 15) is 13.7 Å². The Morgan fingerprint density at radius 3 is 2.49 bits per heavy atom. The number of halogens is 2. The van der Waals surface area contributed by atoms with E-state index in [1.165, 1.54) is 6.20 Å². The molecule has 0 aliphatic rings. The van der Waals surface area contributed by atoms with E-state index in [4.69, 9.17) is 38.4 Å². The van der Waals surface area contributed by atoms with Gasteiger partial charge in [0.25, 0.3) is 0 Å². The monoisotopic (exact) mass is 562 g/mol. The first-order valence-corrected chi connectivity index (χ1v) is 14.2. The predicted octanol–water partition coefficient (Wildman–Crippen LogP) is 4.40. The fourth-order valence-corrected chi connectivity index (χ4v) is 5.04. The first-order valence-electron chi connectivity index (χ1n) is 11.5. The van der Waals surface area contributed by atoms with Crippen molar-refractivity contribution in [2.24, 2.45) is 5.73 Å². The zero-order valence-electron chi connectivity index (χ0n) is 20.6. The largest absolute Gasteiger partial charge is 0.489 e. The third-order valence-corrected chi connectivity index (χ3v) is 7.70. The summed E-state index contributed by atoms with van der Waals surface area (Å²) in [5.41, 5.74) is 7.65. The van der Waals surface area contributed by atoms with Crippen LogP contribution >= 0.6 is 23.2 Å². The Balaban J connectivity index is 1.73. The Morgan fingerprint density at radius 2 is 1.84 bits per heavy atom. The van der Waals surface area contributed by atoms with E-state index >= 15 is 0 Å². The van der Waals surface area contributed by atoms with Gasteiger partial charge in [-0.3, -0.25) is 0 Å². The number of nitrogens with zero attached hydrogens (tertiary/aromatic N) is 3. The molecule has 0 fully saturated rings. The molecule has 11 heteroatoms. The van der Waals surface area contributed by atoms with Crippen LogP contribution in [0.5, 0.6) is 11.5 Å². The lowest BCUT2D eigenvalue weighted by Crippen LogP contribution is -2.19. The summed E-state index contributed by atoms with van der Waals surface area (Å²) < 4.78 is 35.4. The molecule has 1 heterocycles. The molecule has 37 heavy (non-hydrogen) atoms. The van der Waals surface area contributed by atoms with Gasteiger partial charge < -0.3 is 15.2 Å². The van der Waals surface area contributed by atoms with Crippen molar-refractivity contribution in [1.82, 2.24) is 9.97 Å². The second-order valence-corrected chi connectivity index (χ2v) is 11.7. The lowest BCUT2D eigenvalue weighted by atomic mass is 9.77. The number of rotatable bonds is 12. The molecule has 196 valence electrons. The van der Waals surface area contributed by atoms with Gasteiger partial charge in [0.1, 0.15) is 36.6 Å². The van der Waals surface area contributed by atoms with Gasteiger partial charge in [0, 0.05) is 18.2 Å². The van der Waals surface area contributed by atoms with Crippen LogP contribution in [-0.2, 0) is 27.6 Å². The molecule has 0 unspecified atom stereocenters.